The summed E-state index contributed by atoms with van der Waals surface area (Å²) >= 11 is 0. The van der Waals surface area contributed by atoms with E-state index < -0.39 is 0 Å². The van der Waals surface area contributed by atoms with E-state index in [4.69, 9.17) is 0 Å². The van der Waals surface area contributed by atoms with E-state index in [1.165, 1.54) is 38.5 Å². The third kappa shape index (κ3) is 3.74. The molecule has 0 heterocycles. The summed E-state index contributed by atoms with van der Waals surface area (Å²) < 4.78 is 0. The van der Waals surface area contributed by atoms with E-state index in [0.29, 0.717) is 12.0 Å². The Morgan fingerprint density at radius 3 is 2.35 bits per heavy atom. The van der Waals surface area contributed by atoms with E-state index in [9.17, 15) is 5.26 Å². The highest BCUT2D eigenvalue weighted by molar-refractivity contribution is 5.16. The fourth-order valence-corrected chi connectivity index (χ4v) is 3.63. The number of nitrogens with zero attached hydrogens (tertiary/aromatic N) is 2. The number of nitriles is 1. The van der Waals surface area contributed by atoms with Gasteiger partial charge in [0.05, 0.1) is 6.07 Å². The molecule has 1 atom stereocenters. The maximum absolute atomic E-state index is 9.76. The minimum Gasteiger partial charge on any atom is -0.301 e. The van der Waals surface area contributed by atoms with Crippen molar-refractivity contribution in [2.75, 3.05) is 20.1 Å². The highest BCUT2D eigenvalue weighted by Crippen LogP contribution is 2.40. The molecule has 3 nitrogen and oxygen atoms in total. The van der Waals surface area contributed by atoms with Crippen molar-refractivity contribution in [1.29, 1.82) is 5.26 Å². The van der Waals surface area contributed by atoms with Gasteiger partial charge in [0.2, 0.25) is 0 Å². The van der Waals surface area contributed by atoms with E-state index in [2.05, 4.69) is 37.2 Å². The van der Waals surface area contributed by atoms with Crippen molar-refractivity contribution in [2.24, 2.45) is 11.8 Å². The number of hydrogen-bond acceptors (Lipinski definition) is 3. The molecule has 0 aromatic carbocycles. The molecule has 0 spiro atoms. The summed E-state index contributed by atoms with van der Waals surface area (Å²) in [6.07, 6.45) is 8.84. The first-order valence-corrected chi connectivity index (χ1v) is 8.47. The summed E-state index contributed by atoms with van der Waals surface area (Å²) in [4.78, 5) is 2.47. The van der Waals surface area contributed by atoms with Crippen LogP contribution in [-0.2, 0) is 0 Å². The molecule has 2 aliphatic rings. The predicted octanol–water partition coefficient (Wildman–Crippen LogP) is 3.17. The van der Waals surface area contributed by atoms with Crippen molar-refractivity contribution in [3.8, 4) is 6.07 Å². The Labute approximate surface area is 124 Å². The minimum atomic E-state index is -0.298. The van der Waals surface area contributed by atoms with Crippen LogP contribution in [0.5, 0.6) is 0 Å². The zero-order valence-corrected chi connectivity index (χ0v) is 13.5. The Morgan fingerprint density at radius 2 is 1.85 bits per heavy atom. The average molecular weight is 277 g/mol. The number of rotatable bonds is 7. The molecule has 0 aliphatic heterocycles. The van der Waals surface area contributed by atoms with Gasteiger partial charge in [-0.3, -0.25) is 5.32 Å². The van der Waals surface area contributed by atoms with Crippen LogP contribution in [0.1, 0.15) is 58.8 Å². The van der Waals surface area contributed by atoms with Crippen LogP contribution in [0.3, 0.4) is 0 Å². The van der Waals surface area contributed by atoms with Crippen molar-refractivity contribution >= 4 is 0 Å². The van der Waals surface area contributed by atoms with Crippen LogP contribution in [0.2, 0.25) is 0 Å². The summed E-state index contributed by atoms with van der Waals surface area (Å²) in [5, 5.41) is 13.3. The molecule has 2 fully saturated rings. The molecule has 2 rings (SSSR count). The molecule has 20 heavy (non-hydrogen) atoms. The van der Waals surface area contributed by atoms with Crippen molar-refractivity contribution in [2.45, 2.75) is 70.4 Å². The zero-order valence-electron chi connectivity index (χ0n) is 13.5. The van der Waals surface area contributed by atoms with E-state index >= 15 is 0 Å². The lowest BCUT2D eigenvalue weighted by Gasteiger charge is -2.39. The molecule has 114 valence electrons. The van der Waals surface area contributed by atoms with Crippen LogP contribution in [0.4, 0.5) is 0 Å². The molecule has 1 unspecified atom stereocenters. The van der Waals surface area contributed by atoms with Gasteiger partial charge in [0.15, 0.2) is 0 Å². The van der Waals surface area contributed by atoms with E-state index in [1.807, 2.05) is 0 Å². The Kier molecular flexibility index (Phi) is 5.46. The number of hydrogen-bond donors (Lipinski definition) is 1. The van der Waals surface area contributed by atoms with Gasteiger partial charge in [-0.05, 0) is 70.4 Å². The molecular weight excluding hydrogens is 246 g/mol. The number of nitrogens with one attached hydrogen (secondary N) is 1. The van der Waals surface area contributed by atoms with Gasteiger partial charge >= 0.3 is 0 Å². The fourth-order valence-electron chi connectivity index (χ4n) is 3.63. The third-order valence-corrected chi connectivity index (χ3v) is 5.27. The zero-order chi connectivity index (χ0) is 14.6. The lowest BCUT2D eigenvalue weighted by molar-refractivity contribution is 0.133. The molecule has 3 heteroatoms. The monoisotopic (exact) mass is 277 g/mol. The molecule has 0 amide bonds. The van der Waals surface area contributed by atoms with E-state index in [0.717, 1.165) is 25.4 Å². The third-order valence-electron chi connectivity index (χ3n) is 5.27. The molecule has 2 saturated carbocycles. The van der Waals surface area contributed by atoms with Crippen molar-refractivity contribution < 1.29 is 0 Å². The Balaban J connectivity index is 1.94. The highest BCUT2D eigenvalue weighted by atomic mass is 15.2. The van der Waals surface area contributed by atoms with Gasteiger partial charge in [-0.2, -0.15) is 5.26 Å². The van der Waals surface area contributed by atoms with Crippen LogP contribution < -0.4 is 5.32 Å². The van der Waals surface area contributed by atoms with Crippen LogP contribution in [0.15, 0.2) is 0 Å². The van der Waals surface area contributed by atoms with Crippen LogP contribution in [-0.4, -0.2) is 36.6 Å². The Morgan fingerprint density at radius 1 is 1.20 bits per heavy atom. The second-order valence-electron chi connectivity index (χ2n) is 7.11. The topological polar surface area (TPSA) is 39.1 Å². The molecule has 0 saturated heterocycles. The standard InChI is InChI=1S/C17H31N3/c1-4-11-19-17(12-18,15-7-8-15)13-20(3)16-9-5-14(2)6-10-16/h14-16,19H,4-11,13H2,1-3H3. The van der Waals surface area contributed by atoms with Crippen molar-refractivity contribution in [1.82, 2.24) is 10.2 Å². The summed E-state index contributed by atoms with van der Waals surface area (Å²) in [7, 11) is 2.22. The van der Waals surface area contributed by atoms with Gasteiger partial charge in [-0.25, -0.2) is 0 Å². The second kappa shape index (κ2) is 6.91. The fraction of sp³-hybridized carbons (Fsp3) is 0.941. The quantitative estimate of drug-likeness (QED) is 0.777. The first kappa shape index (κ1) is 15.8. The van der Waals surface area contributed by atoms with Gasteiger partial charge in [0.25, 0.3) is 0 Å². The Hall–Kier alpha value is -0.590. The average Bonchev–Trinajstić information content (AvgIpc) is 3.29. The van der Waals surface area contributed by atoms with Gasteiger partial charge in [0.1, 0.15) is 5.54 Å². The highest BCUT2D eigenvalue weighted by Gasteiger charge is 2.46. The molecule has 2 aliphatic carbocycles. The lowest BCUT2D eigenvalue weighted by Crippen LogP contribution is -2.56. The van der Waals surface area contributed by atoms with Gasteiger partial charge in [-0.15, -0.1) is 0 Å². The molecule has 0 radical (unpaired) electrons. The maximum atomic E-state index is 9.76. The largest absolute Gasteiger partial charge is 0.301 e. The minimum absolute atomic E-state index is 0.298. The van der Waals surface area contributed by atoms with Gasteiger partial charge in [-0.1, -0.05) is 13.8 Å². The first-order chi connectivity index (χ1) is 9.61. The molecule has 0 aromatic heterocycles. The van der Waals surface area contributed by atoms with Crippen molar-refractivity contribution in [3.05, 3.63) is 0 Å². The van der Waals surface area contributed by atoms with Gasteiger partial charge in [0, 0.05) is 12.6 Å². The molecular formula is C17H31N3. The summed E-state index contributed by atoms with van der Waals surface area (Å²) in [6, 6.07) is 3.32. The smallest absolute Gasteiger partial charge is 0.122 e. The maximum Gasteiger partial charge on any atom is 0.122 e. The molecule has 0 bridgehead atoms. The predicted molar refractivity (Wildman–Crippen MR) is 83.4 cm³/mol. The molecule has 1 N–H and O–H groups in total. The van der Waals surface area contributed by atoms with Crippen molar-refractivity contribution in [3.63, 3.8) is 0 Å². The van der Waals surface area contributed by atoms with Crippen LogP contribution in [0, 0.1) is 23.2 Å². The van der Waals surface area contributed by atoms with E-state index in [1.54, 1.807) is 0 Å². The second-order valence-corrected chi connectivity index (χ2v) is 7.11. The summed E-state index contributed by atoms with van der Waals surface area (Å²) in [5.74, 6) is 1.46. The van der Waals surface area contributed by atoms with E-state index in [-0.39, 0.29) is 5.54 Å². The number of likely N-dealkylation sites (N-methyl/N-ethyl adjacent to an activating group) is 1. The lowest BCUT2D eigenvalue weighted by atomic mass is 9.85. The summed E-state index contributed by atoms with van der Waals surface area (Å²) in [6.45, 7) is 6.39. The van der Waals surface area contributed by atoms with Crippen LogP contribution >= 0.6 is 0 Å². The summed E-state index contributed by atoms with van der Waals surface area (Å²) in [5.41, 5.74) is -0.298. The van der Waals surface area contributed by atoms with Gasteiger partial charge < -0.3 is 4.90 Å². The Bertz CT molecular complexity index is 337. The SMILES string of the molecule is CCCNC(C#N)(CN(C)C1CCC(C)CC1)C1CC1. The molecule has 0 aromatic rings. The normalized spacial score (nSPS) is 29.9. The first-order valence-electron chi connectivity index (χ1n) is 8.47. The van der Waals surface area contributed by atoms with Crippen LogP contribution in [0.25, 0.3) is 0 Å².